The lowest BCUT2D eigenvalue weighted by atomic mass is 9.90. The van der Waals surface area contributed by atoms with E-state index in [0.717, 1.165) is 51.7 Å². The monoisotopic (exact) mass is 240 g/mol. The number of carbonyl (C=O) groups excluding carboxylic acids is 1. The Hall–Kier alpha value is -0.610. The van der Waals surface area contributed by atoms with Crippen LogP contribution in [0, 0.1) is 5.92 Å². The lowest BCUT2D eigenvalue weighted by Gasteiger charge is -2.37. The summed E-state index contributed by atoms with van der Waals surface area (Å²) < 4.78 is 0. The number of nitrogens with one attached hydrogen (secondary N) is 1. The van der Waals surface area contributed by atoms with Crippen LogP contribution in [-0.4, -0.2) is 47.7 Å². The van der Waals surface area contributed by atoms with Crippen LogP contribution >= 0.6 is 0 Å². The summed E-state index contributed by atoms with van der Waals surface area (Å²) in [5.74, 6) is 0.682. The molecule has 2 aliphatic heterocycles. The molecule has 2 aliphatic rings. The average Bonchev–Trinajstić information content (AvgIpc) is 2.88. The number of amides is 1. The van der Waals surface area contributed by atoms with E-state index in [1.54, 1.807) is 0 Å². The molecule has 0 aliphatic carbocycles. The van der Waals surface area contributed by atoms with E-state index in [1.165, 1.54) is 0 Å². The fraction of sp³-hybridized carbons (Fsp3) is 0.923. The number of hydrogen-bond donors (Lipinski definition) is 2. The molecule has 0 aromatic rings. The van der Waals surface area contributed by atoms with Crippen LogP contribution in [0.25, 0.3) is 0 Å². The number of rotatable bonds is 3. The molecule has 0 radical (unpaired) electrons. The van der Waals surface area contributed by atoms with Gasteiger partial charge in [0.2, 0.25) is 5.91 Å². The summed E-state index contributed by atoms with van der Waals surface area (Å²) in [5.41, 5.74) is -0.286. The number of nitrogens with zero attached hydrogens (tertiary/aromatic N) is 1. The van der Waals surface area contributed by atoms with Gasteiger partial charge in [-0.05, 0) is 44.6 Å². The van der Waals surface area contributed by atoms with Gasteiger partial charge in [0.05, 0.1) is 5.54 Å². The second-order valence-electron chi connectivity index (χ2n) is 5.38. The highest BCUT2D eigenvalue weighted by molar-refractivity contribution is 5.86. The minimum Gasteiger partial charge on any atom is -0.396 e. The minimum atomic E-state index is -0.286. The summed E-state index contributed by atoms with van der Waals surface area (Å²) in [4.78, 5) is 14.5. The predicted molar refractivity (Wildman–Crippen MR) is 66.6 cm³/mol. The van der Waals surface area contributed by atoms with Crippen molar-refractivity contribution in [2.24, 2.45) is 5.92 Å². The fourth-order valence-electron chi connectivity index (χ4n) is 3.06. The molecule has 0 spiro atoms. The second-order valence-corrected chi connectivity index (χ2v) is 5.38. The third-order valence-corrected chi connectivity index (χ3v) is 4.42. The highest BCUT2D eigenvalue weighted by Crippen LogP contribution is 2.27. The second kappa shape index (κ2) is 5.36. The maximum Gasteiger partial charge on any atom is 0.242 e. The van der Waals surface area contributed by atoms with Gasteiger partial charge in [0.1, 0.15) is 0 Å². The first-order valence-corrected chi connectivity index (χ1v) is 6.87. The number of likely N-dealkylation sites (tertiary alicyclic amines) is 1. The molecular formula is C13H24N2O2. The standard InChI is InChI=1S/C13H24N2O2/c1-2-13(6-3-7-14-13)12(17)15-8-4-11(10-16)5-9-15/h11,14,16H,2-10H2,1H3. The van der Waals surface area contributed by atoms with Crippen LogP contribution in [-0.2, 0) is 4.79 Å². The number of piperidine rings is 1. The molecule has 1 unspecified atom stereocenters. The lowest BCUT2D eigenvalue weighted by Crippen LogP contribution is -2.56. The van der Waals surface area contributed by atoms with Crippen LogP contribution in [0.4, 0.5) is 0 Å². The van der Waals surface area contributed by atoms with Crippen LogP contribution < -0.4 is 5.32 Å². The molecule has 2 fully saturated rings. The van der Waals surface area contributed by atoms with Crippen molar-refractivity contribution in [1.29, 1.82) is 0 Å². The molecule has 4 heteroatoms. The van der Waals surface area contributed by atoms with E-state index in [4.69, 9.17) is 5.11 Å². The summed E-state index contributed by atoms with van der Waals surface area (Å²) in [6, 6.07) is 0. The highest BCUT2D eigenvalue weighted by atomic mass is 16.3. The number of aliphatic hydroxyl groups excluding tert-OH is 1. The summed E-state index contributed by atoms with van der Waals surface area (Å²) in [6.45, 7) is 4.95. The van der Waals surface area contributed by atoms with Gasteiger partial charge in [0.15, 0.2) is 0 Å². The van der Waals surface area contributed by atoms with E-state index >= 15 is 0 Å². The smallest absolute Gasteiger partial charge is 0.242 e. The van der Waals surface area contributed by atoms with Gasteiger partial charge in [-0.25, -0.2) is 0 Å². The van der Waals surface area contributed by atoms with Gasteiger partial charge in [0.25, 0.3) is 0 Å². The number of aliphatic hydroxyl groups is 1. The Labute approximate surface area is 103 Å². The molecule has 4 nitrogen and oxygen atoms in total. The molecule has 0 saturated carbocycles. The number of hydrogen-bond acceptors (Lipinski definition) is 3. The van der Waals surface area contributed by atoms with Crippen LogP contribution in [0.1, 0.15) is 39.0 Å². The molecule has 0 aromatic heterocycles. The molecule has 98 valence electrons. The molecule has 0 bridgehead atoms. The van der Waals surface area contributed by atoms with E-state index in [1.807, 2.05) is 4.90 Å². The van der Waals surface area contributed by atoms with Crippen LogP contribution in [0.3, 0.4) is 0 Å². The summed E-state index contributed by atoms with van der Waals surface area (Å²) in [5, 5.41) is 12.5. The highest BCUT2D eigenvalue weighted by Gasteiger charge is 2.42. The first kappa shape index (κ1) is 12.8. The largest absolute Gasteiger partial charge is 0.396 e. The first-order chi connectivity index (χ1) is 8.22. The fourth-order valence-corrected chi connectivity index (χ4v) is 3.06. The van der Waals surface area contributed by atoms with Crippen molar-refractivity contribution in [1.82, 2.24) is 10.2 Å². The molecule has 2 N–H and O–H groups in total. The van der Waals surface area contributed by atoms with Gasteiger partial charge < -0.3 is 15.3 Å². The topological polar surface area (TPSA) is 52.6 Å². The zero-order valence-corrected chi connectivity index (χ0v) is 10.7. The third-order valence-electron chi connectivity index (χ3n) is 4.42. The van der Waals surface area contributed by atoms with Crippen molar-refractivity contribution < 1.29 is 9.90 Å². The van der Waals surface area contributed by atoms with Crippen molar-refractivity contribution in [3.63, 3.8) is 0 Å². The average molecular weight is 240 g/mol. The predicted octanol–water partition coefficient (Wildman–Crippen LogP) is 0.749. The van der Waals surface area contributed by atoms with Crippen molar-refractivity contribution in [3.05, 3.63) is 0 Å². The maximum absolute atomic E-state index is 12.5. The molecule has 17 heavy (non-hydrogen) atoms. The van der Waals surface area contributed by atoms with Crippen molar-refractivity contribution in [3.8, 4) is 0 Å². The van der Waals surface area contributed by atoms with Gasteiger partial charge in [-0.1, -0.05) is 6.92 Å². The van der Waals surface area contributed by atoms with Gasteiger partial charge in [-0.2, -0.15) is 0 Å². The Morgan fingerprint density at radius 3 is 2.65 bits per heavy atom. The molecule has 1 atom stereocenters. The Balaban J connectivity index is 1.96. The normalized spacial score (nSPS) is 30.8. The Morgan fingerprint density at radius 1 is 1.47 bits per heavy atom. The van der Waals surface area contributed by atoms with Crippen LogP contribution in [0.15, 0.2) is 0 Å². The molecule has 2 heterocycles. The summed E-state index contributed by atoms with van der Waals surface area (Å²) in [7, 11) is 0. The summed E-state index contributed by atoms with van der Waals surface area (Å²) >= 11 is 0. The number of carbonyl (C=O) groups is 1. The first-order valence-electron chi connectivity index (χ1n) is 6.87. The Bertz CT molecular complexity index is 267. The van der Waals surface area contributed by atoms with E-state index in [9.17, 15) is 4.79 Å². The van der Waals surface area contributed by atoms with Crippen molar-refractivity contribution >= 4 is 5.91 Å². The van der Waals surface area contributed by atoms with Crippen molar-refractivity contribution in [2.75, 3.05) is 26.2 Å². The van der Waals surface area contributed by atoms with E-state index < -0.39 is 0 Å². The summed E-state index contributed by atoms with van der Waals surface area (Å²) in [6.07, 6.45) is 4.85. The van der Waals surface area contributed by atoms with Gasteiger partial charge in [-0.3, -0.25) is 4.79 Å². The van der Waals surface area contributed by atoms with Gasteiger partial charge in [0, 0.05) is 19.7 Å². The lowest BCUT2D eigenvalue weighted by molar-refractivity contribution is -0.139. The third kappa shape index (κ3) is 2.47. The van der Waals surface area contributed by atoms with Crippen molar-refractivity contribution in [2.45, 2.75) is 44.6 Å². The maximum atomic E-state index is 12.5. The zero-order valence-electron chi connectivity index (χ0n) is 10.7. The SMILES string of the molecule is CCC1(C(=O)N2CCC(CO)CC2)CCCN1. The van der Waals surface area contributed by atoms with E-state index in [0.29, 0.717) is 5.92 Å². The van der Waals surface area contributed by atoms with Gasteiger partial charge >= 0.3 is 0 Å². The Morgan fingerprint density at radius 2 is 2.18 bits per heavy atom. The quantitative estimate of drug-likeness (QED) is 0.765. The van der Waals surface area contributed by atoms with Gasteiger partial charge in [-0.15, -0.1) is 0 Å². The van der Waals surface area contributed by atoms with E-state index in [2.05, 4.69) is 12.2 Å². The zero-order chi connectivity index (χ0) is 12.3. The molecule has 2 saturated heterocycles. The minimum absolute atomic E-state index is 0.263. The van der Waals surface area contributed by atoms with Crippen LogP contribution in [0.2, 0.25) is 0 Å². The Kier molecular flexibility index (Phi) is 4.05. The molecule has 1 amide bonds. The molecular weight excluding hydrogens is 216 g/mol. The van der Waals surface area contributed by atoms with E-state index in [-0.39, 0.29) is 18.1 Å². The molecule has 2 rings (SSSR count). The van der Waals surface area contributed by atoms with Crippen LogP contribution in [0.5, 0.6) is 0 Å². The molecule has 0 aromatic carbocycles.